The van der Waals surface area contributed by atoms with Crippen molar-refractivity contribution in [3.8, 4) is 0 Å². The summed E-state index contributed by atoms with van der Waals surface area (Å²) in [4.78, 5) is 14.8. The summed E-state index contributed by atoms with van der Waals surface area (Å²) in [6.07, 6.45) is 1.58. The third-order valence-corrected chi connectivity index (χ3v) is 5.21. The van der Waals surface area contributed by atoms with Crippen LogP contribution in [0.1, 0.15) is 34.3 Å². The summed E-state index contributed by atoms with van der Waals surface area (Å²) in [7, 11) is 0. The van der Waals surface area contributed by atoms with E-state index in [-0.39, 0.29) is 11.7 Å². The molecule has 0 aromatic heterocycles. The molecule has 1 amide bonds. The number of hydrogen-bond acceptors (Lipinski definition) is 3. The molecule has 4 nitrogen and oxygen atoms in total. The molecule has 1 spiro atoms. The summed E-state index contributed by atoms with van der Waals surface area (Å²) < 4.78 is 13.8. The molecule has 2 aliphatic heterocycles. The van der Waals surface area contributed by atoms with Crippen LogP contribution in [0.4, 0.5) is 10.1 Å². The third-order valence-electron chi connectivity index (χ3n) is 5.21. The molecule has 130 valence electrons. The fraction of sp³-hybridized carbons (Fsp3) is 0.350. The first kappa shape index (κ1) is 16.1. The Balaban J connectivity index is 1.46. The monoisotopic (exact) mass is 339 g/mol. The SMILES string of the molecule is Cc1ccc2c(c1)C(=O)NC1(CCN(Cc3ccccc3F)CC1)N2. The summed E-state index contributed by atoms with van der Waals surface area (Å²) in [5.41, 5.74) is 3.01. The Labute approximate surface area is 147 Å². The molecule has 0 unspecified atom stereocenters. The van der Waals surface area contributed by atoms with E-state index in [4.69, 9.17) is 0 Å². The van der Waals surface area contributed by atoms with Crippen molar-refractivity contribution in [1.82, 2.24) is 10.2 Å². The number of piperidine rings is 1. The molecular weight excluding hydrogens is 317 g/mol. The molecule has 4 rings (SSSR count). The number of fused-ring (bicyclic) bond motifs is 1. The van der Waals surface area contributed by atoms with Gasteiger partial charge in [0, 0.05) is 43.7 Å². The van der Waals surface area contributed by atoms with Crippen LogP contribution in [0.5, 0.6) is 0 Å². The van der Waals surface area contributed by atoms with E-state index in [9.17, 15) is 9.18 Å². The van der Waals surface area contributed by atoms with E-state index in [1.165, 1.54) is 6.07 Å². The molecule has 1 fully saturated rings. The lowest BCUT2D eigenvalue weighted by atomic mass is 9.91. The van der Waals surface area contributed by atoms with Gasteiger partial charge in [-0.05, 0) is 25.1 Å². The van der Waals surface area contributed by atoms with Crippen LogP contribution in [0.3, 0.4) is 0 Å². The molecule has 2 N–H and O–H groups in total. The zero-order valence-electron chi connectivity index (χ0n) is 14.3. The Bertz CT molecular complexity index is 812. The predicted octanol–water partition coefficient (Wildman–Crippen LogP) is 3.28. The fourth-order valence-corrected chi connectivity index (χ4v) is 3.74. The number of nitrogens with one attached hydrogen (secondary N) is 2. The number of aryl methyl sites for hydroxylation is 1. The zero-order valence-corrected chi connectivity index (χ0v) is 14.3. The first-order valence-corrected chi connectivity index (χ1v) is 8.72. The van der Waals surface area contributed by atoms with Crippen LogP contribution < -0.4 is 10.6 Å². The maximum absolute atomic E-state index is 13.8. The van der Waals surface area contributed by atoms with Crippen LogP contribution in [0.25, 0.3) is 0 Å². The molecule has 2 aromatic rings. The van der Waals surface area contributed by atoms with Gasteiger partial charge in [0.2, 0.25) is 0 Å². The maximum Gasteiger partial charge on any atom is 0.255 e. The van der Waals surface area contributed by atoms with E-state index in [0.717, 1.165) is 42.7 Å². The topological polar surface area (TPSA) is 44.4 Å². The van der Waals surface area contributed by atoms with Gasteiger partial charge in [0.15, 0.2) is 0 Å². The predicted molar refractivity (Wildman–Crippen MR) is 95.9 cm³/mol. The van der Waals surface area contributed by atoms with Gasteiger partial charge in [0.25, 0.3) is 5.91 Å². The smallest absolute Gasteiger partial charge is 0.255 e. The minimum absolute atomic E-state index is 0.0139. The van der Waals surface area contributed by atoms with Crippen molar-refractivity contribution in [1.29, 1.82) is 0 Å². The van der Waals surface area contributed by atoms with Crippen molar-refractivity contribution >= 4 is 11.6 Å². The summed E-state index contributed by atoms with van der Waals surface area (Å²) in [6.45, 7) is 4.21. The normalized spacial score (nSPS) is 19.2. The van der Waals surface area contributed by atoms with Crippen molar-refractivity contribution < 1.29 is 9.18 Å². The summed E-state index contributed by atoms with van der Waals surface area (Å²) in [6, 6.07) is 12.8. The van der Waals surface area contributed by atoms with Crippen molar-refractivity contribution in [3.05, 3.63) is 65.0 Å². The molecule has 5 heteroatoms. The Morgan fingerprint density at radius 1 is 1.12 bits per heavy atom. The molecule has 25 heavy (non-hydrogen) atoms. The van der Waals surface area contributed by atoms with E-state index >= 15 is 0 Å². The number of rotatable bonds is 2. The Morgan fingerprint density at radius 2 is 1.88 bits per heavy atom. The largest absolute Gasteiger partial charge is 0.362 e. The molecular formula is C20H22FN3O. The number of carbonyl (C=O) groups is 1. The number of likely N-dealkylation sites (tertiary alicyclic amines) is 1. The first-order chi connectivity index (χ1) is 12.0. The molecule has 2 aromatic carbocycles. The van der Waals surface area contributed by atoms with Crippen LogP contribution in [-0.4, -0.2) is 29.6 Å². The molecule has 1 saturated heterocycles. The average Bonchev–Trinajstić information content (AvgIpc) is 2.60. The number of carbonyl (C=O) groups excluding carboxylic acids is 1. The third kappa shape index (κ3) is 3.12. The van der Waals surface area contributed by atoms with Crippen LogP contribution in [0.2, 0.25) is 0 Å². The number of halogens is 1. The summed E-state index contributed by atoms with van der Waals surface area (Å²) in [5.74, 6) is -0.170. The molecule has 0 saturated carbocycles. The van der Waals surface area contributed by atoms with Crippen molar-refractivity contribution in [2.45, 2.75) is 32.0 Å². The second-order valence-electron chi connectivity index (χ2n) is 7.08. The lowest BCUT2D eigenvalue weighted by Crippen LogP contribution is -2.62. The number of amides is 1. The lowest BCUT2D eigenvalue weighted by Gasteiger charge is -2.46. The van der Waals surface area contributed by atoms with Gasteiger partial charge in [-0.1, -0.05) is 29.8 Å². The Hall–Kier alpha value is -2.40. The highest BCUT2D eigenvalue weighted by atomic mass is 19.1. The van der Waals surface area contributed by atoms with E-state index < -0.39 is 5.66 Å². The van der Waals surface area contributed by atoms with Gasteiger partial charge in [-0.2, -0.15) is 0 Å². The van der Waals surface area contributed by atoms with Crippen molar-refractivity contribution in [2.24, 2.45) is 0 Å². The second-order valence-corrected chi connectivity index (χ2v) is 7.08. The lowest BCUT2D eigenvalue weighted by molar-refractivity contribution is 0.0821. The highest BCUT2D eigenvalue weighted by Crippen LogP contribution is 2.32. The Morgan fingerprint density at radius 3 is 2.64 bits per heavy atom. The highest BCUT2D eigenvalue weighted by molar-refractivity contribution is 6.02. The standard InChI is InChI=1S/C20H22FN3O/c1-14-6-7-18-16(12-14)19(25)23-20(22-18)8-10-24(11-9-20)13-15-4-2-3-5-17(15)21/h2-7,12,22H,8-11,13H2,1H3,(H,23,25). The van der Waals surface area contributed by atoms with Gasteiger partial charge in [0.1, 0.15) is 11.5 Å². The number of hydrogen-bond donors (Lipinski definition) is 2. The quantitative estimate of drug-likeness (QED) is 0.882. The van der Waals surface area contributed by atoms with Gasteiger partial charge >= 0.3 is 0 Å². The molecule has 2 heterocycles. The van der Waals surface area contributed by atoms with E-state index in [1.807, 2.05) is 37.3 Å². The van der Waals surface area contributed by atoms with Gasteiger partial charge < -0.3 is 10.6 Å². The van der Waals surface area contributed by atoms with Gasteiger partial charge in [0.05, 0.1) is 5.56 Å². The number of nitrogens with zero attached hydrogens (tertiary/aromatic N) is 1. The molecule has 0 aliphatic carbocycles. The minimum Gasteiger partial charge on any atom is -0.362 e. The van der Waals surface area contributed by atoms with Crippen LogP contribution >= 0.6 is 0 Å². The van der Waals surface area contributed by atoms with E-state index in [0.29, 0.717) is 12.1 Å². The van der Waals surface area contributed by atoms with E-state index in [1.54, 1.807) is 6.07 Å². The second kappa shape index (κ2) is 6.15. The van der Waals surface area contributed by atoms with Crippen LogP contribution in [0, 0.1) is 12.7 Å². The van der Waals surface area contributed by atoms with Crippen LogP contribution in [0.15, 0.2) is 42.5 Å². The minimum atomic E-state index is -0.398. The number of anilines is 1. The van der Waals surface area contributed by atoms with Gasteiger partial charge in [-0.3, -0.25) is 9.69 Å². The maximum atomic E-state index is 13.8. The zero-order chi connectivity index (χ0) is 17.4. The van der Waals surface area contributed by atoms with Gasteiger partial charge in [-0.25, -0.2) is 4.39 Å². The Kier molecular flexibility index (Phi) is 3.96. The molecule has 0 radical (unpaired) electrons. The van der Waals surface area contributed by atoms with Crippen molar-refractivity contribution in [3.63, 3.8) is 0 Å². The summed E-state index contributed by atoms with van der Waals surface area (Å²) in [5, 5.41) is 6.69. The molecule has 0 bridgehead atoms. The summed E-state index contributed by atoms with van der Waals surface area (Å²) >= 11 is 0. The number of benzene rings is 2. The fourth-order valence-electron chi connectivity index (χ4n) is 3.74. The highest BCUT2D eigenvalue weighted by Gasteiger charge is 2.40. The average molecular weight is 339 g/mol. The van der Waals surface area contributed by atoms with Crippen molar-refractivity contribution in [2.75, 3.05) is 18.4 Å². The van der Waals surface area contributed by atoms with Gasteiger partial charge in [-0.15, -0.1) is 0 Å². The first-order valence-electron chi connectivity index (χ1n) is 8.72. The van der Waals surface area contributed by atoms with Crippen LogP contribution in [-0.2, 0) is 6.54 Å². The molecule has 2 aliphatic rings. The van der Waals surface area contributed by atoms with E-state index in [2.05, 4.69) is 15.5 Å². The molecule has 0 atom stereocenters.